The van der Waals surface area contributed by atoms with Crippen LogP contribution < -0.4 is 4.74 Å². The largest absolute Gasteiger partial charge is 0.474 e. The van der Waals surface area contributed by atoms with Crippen molar-refractivity contribution in [2.75, 3.05) is 0 Å². The third-order valence-electron chi connectivity index (χ3n) is 2.98. The van der Waals surface area contributed by atoms with Gasteiger partial charge in [-0.2, -0.15) is 0 Å². The van der Waals surface area contributed by atoms with Crippen LogP contribution in [-0.2, 0) is 0 Å². The molecule has 1 aliphatic carbocycles. The van der Waals surface area contributed by atoms with E-state index in [4.69, 9.17) is 4.74 Å². The summed E-state index contributed by atoms with van der Waals surface area (Å²) >= 11 is 1.64. The fourth-order valence-corrected chi connectivity index (χ4v) is 2.43. The Hall–Kier alpha value is -1.42. The first-order chi connectivity index (χ1) is 8.74. The van der Waals surface area contributed by atoms with Crippen LogP contribution in [-0.4, -0.2) is 16.1 Å². The van der Waals surface area contributed by atoms with Gasteiger partial charge in [-0.1, -0.05) is 13.8 Å². The molecular weight excluding hydrogens is 244 g/mol. The molecule has 0 bridgehead atoms. The molecule has 1 fully saturated rings. The number of ether oxygens (including phenoxy) is 1. The molecule has 0 N–H and O–H groups in total. The average molecular weight is 260 g/mol. The first-order valence-electron chi connectivity index (χ1n) is 6.30. The van der Waals surface area contributed by atoms with E-state index < -0.39 is 0 Å². The highest BCUT2D eigenvalue weighted by Crippen LogP contribution is 2.33. The Labute approximate surface area is 111 Å². The lowest BCUT2D eigenvalue weighted by atomic mass is 10.0. The molecule has 0 spiro atoms. The monoisotopic (exact) mass is 260 g/mol. The molecule has 0 radical (unpaired) electrons. The second-order valence-electron chi connectivity index (χ2n) is 4.93. The van der Waals surface area contributed by atoms with Gasteiger partial charge in [0.05, 0.1) is 0 Å². The van der Waals surface area contributed by atoms with Crippen molar-refractivity contribution < 1.29 is 4.74 Å². The first-order valence-corrected chi connectivity index (χ1v) is 7.18. The molecule has 4 heteroatoms. The molecule has 2 aromatic heterocycles. The summed E-state index contributed by atoms with van der Waals surface area (Å²) in [6, 6.07) is 2.16. The molecule has 0 aromatic carbocycles. The van der Waals surface area contributed by atoms with Crippen molar-refractivity contribution in [1.29, 1.82) is 0 Å². The summed E-state index contributed by atoms with van der Waals surface area (Å²) in [4.78, 5) is 8.81. The van der Waals surface area contributed by atoms with Crippen molar-refractivity contribution >= 4 is 11.3 Å². The smallest absolute Gasteiger partial charge is 0.217 e. The Balaban J connectivity index is 1.96. The molecule has 0 saturated heterocycles. The standard InChI is InChI=1S/C14H16N2OS/c1-9(2)12-7-10(14-15-5-6-18-14)8-16-13(12)17-11-3-4-11/h5-9,11H,3-4H2,1-2H3. The predicted octanol–water partition coefficient (Wildman–Crippen LogP) is 3.87. The third-order valence-corrected chi connectivity index (χ3v) is 3.80. The van der Waals surface area contributed by atoms with Gasteiger partial charge in [-0.3, -0.25) is 0 Å². The van der Waals surface area contributed by atoms with Crippen LogP contribution in [0.1, 0.15) is 38.2 Å². The predicted molar refractivity (Wildman–Crippen MR) is 73.1 cm³/mol. The van der Waals surface area contributed by atoms with Crippen LogP contribution in [0.5, 0.6) is 5.88 Å². The Kier molecular flexibility index (Phi) is 3.04. The highest BCUT2D eigenvalue weighted by atomic mass is 32.1. The van der Waals surface area contributed by atoms with Crippen LogP contribution >= 0.6 is 11.3 Å². The van der Waals surface area contributed by atoms with Crippen LogP contribution in [0.4, 0.5) is 0 Å². The SMILES string of the molecule is CC(C)c1cc(-c2nccs2)cnc1OC1CC1. The third kappa shape index (κ3) is 2.38. The molecule has 94 valence electrons. The average Bonchev–Trinajstić information content (AvgIpc) is 3.01. The maximum atomic E-state index is 5.86. The van der Waals surface area contributed by atoms with E-state index in [1.165, 1.54) is 5.56 Å². The lowest BCUT2D eigenvalue weighted by Gasteiger charge is -2.13. The summed E-state index contributed by atoms with van der Waals surface area (Å²) in [6.45, 7) is 4.34. The molecule has 3 rings (SSSR count). The van der Waals surface area contributed by atoms with Gasteiger partial charge in [-0.15, -0.1) is 11.3 Å². The minimum absolute atomic E-state index is 0.390. The van der Waals surface area contributed by atoms with Gasteiger partial charge < -0.3 is 4.74 Å². The topological polar surface area (TPSA) is 35.0 Å². The lowest BCUT2D eigenvalue weighted by Crippen LogP contribution is -2.03. The van der Waals surface area contributed by atoms with Gasteiger partial charge >= 0.3 is 0 Å². The van der Waals surface area contributed by atoms with E-state index in [0.29, 0.717) is 12.0 Å². The fourth-order valence-electron chi connectivity index (χ4n) is 1.81. The van der Waals surface area contributed by atoms with Gasteiger partial charge in [0, 0.05) is 28.9 Å². The van der Waals surface area contributed by atoms with Crippen molar-refractivity contribution in [2.24, 2.45) is 0 Å². The zero-order chi connectivity index (χ0) is 12.5. The molecule has 2 heterocycles. The lowest BCUT2D eigenvalue weighted by molar-refractivity contribution is 0.286. The van der Waals surface area contributed by atoms with Crippen LogP contribution in [0.15, 0.2) is 23.8 Å². The molecule has 1 saturated carbocycles. The number of hydrogen-bond acceptors (Lipinski definition) is 4. The number of nitrogens with zero attached hydrogens (tertiary/aromatic N) is 2. The zero-order valence-electron chi connectivity index (χ0n) is 10.6. The van der Waals surface area contributed by atoms with Crippen LogP contribution in [0, 0.1) is 0 Å². The maximum absolute atomic E-state index is 5.86. The number of rotatable bonds is 4. The molecule has 3 nitrogen and oxygen atoms in total. The van der Waals surface area contributed by atoms with E-state index in [9.17, 15) is 0 Å². The Bertz CT molecular complexity index is 533. The summed E-state index contributed by atoms with van der Waals surface area (Å²) in [5.74, 6) is 1.21. The summed E-state index contributed by atoms with van der Waals surface area (Å²) in [6.07, 6.45) is 6.40. The summed E-state index contributed by atoms with van der Waals surface area (Å²) in [5.41, 5.74) is 2.26. The first kappa shape index (κ1) is 11.7. The van der Waals surface area contributed by atoms with E-state index in [-0.39, 0.29) is 0 Å². The van der Waals surface area contributed by atoms with Crippen molar-refractivity contribution in [3.05, 3.63) is 29.4 Å². The van der Waals surface area contributed by atoms with E-state index in [1.54, 1.807) is 11.3 Å². The van der Waals surface area contributed by atoms with E-state index in [0.717, 1.165) is 29.3 Å². The van der Waals surface area contributed by atoms with Crippen molar-refractivity contribution in [3.63, 3.8) is 0 Å². The van der Waals surface area contributed by atoms with Gasteiger partial charge in [-0.05, 0) is 24.8 Å². The highest BCUT2D eigenvalue weighted by Gasteiger charge is 2.26. The maximum Gasteiger partial charge on any atom is 0.217 e. The molecule has 0 unspecified atom stereocenters. The minimum Gasteiger partial charge on any atom is -0.474 e. The highest BCUT2D eigenvalue weighted by molar-refractivity contribution is 7.13. The van der Waals surface area contributed by atoms with Gasteiger partial charge in [0.15, 0.2) is 0 Å². The van der Waals surface area contributed by atoms with Crippen LogP contribution in [0.3, 0.4) is 0 Å². The molecule has 18 heavy (non-hydrogen) atoms. The molecular formula is C14H16N2OS. The molecule has 0 atom stereocenters. The van der Waals surface area contributed by atoms with Crippen LogP contribution in [0.2, 0.25) is 0 Å². The van der Waals surface area contributed by atoms with Gasteiger partial charge in [-0.25, -0.2) is 9.97 Å². The Morgan fingerprint density at radius 1 is 1.33 bits per heavy atom. The minimum atomic E-state index is 0.390. The van der Waals surface area contributed by atoms with Crippen molar-refractivity contribution in [2.45, 2.75) is 38.7 Å². The fraction of sp³-hybridized carbons (Fsp3) is 0.429. The Morgan fingerprint density at radius 3 is 2.78 bits per heavy atom. The number of aromatic nitrogens is 2. The van der Waals surface area contributed by atoms with Gasteiger partial charge in [0.25, 0.3) is 0 Å². The van der Waals surface area contributed by atoms with E-state index >= 15 is 0 Å². The van der Waals surface area contributed by atoms with Gasteiger partial charge in [0.1, 0.15) is 11.1 Å². The Morgan fingerprint density at radius 2 is 2.17 bits per heavy atom. The number of thiazole rings is 1. The normalized spacial score (nSPS) is 15.1. The van der Waals surface area contributed by atoms with E-state index in [2.05, 4.69) is 29.9 Å². The number of pyridine rings is 1. The molecule has 1 aliphatic rings. The van der Waals surface area contributed by atoms with Gasteiger partial charge in [0.2, 0.25) is 5.88 Å². The second-order valence-corrected chi connectivity index (χ2v) is 5.82. The number of hydrogen-bond donors (Lipinski definition) is 0. The second kappa shape index (κ2) is 4.69. The molecule has 0 aliphatic heterocycles. The van der Waals surface area contributed by atoms with Crippen molar-refractivity contribution in [3.8, 4) is 16.5 Å². The summed E-state index contributed by atoms with van der Waals surface area (Å²) in [7, 11) is 0. The molecule has 0 amide bonds. The van der Waals surface area contributed by atoms with Crippen LogP contribution in [0.25, 0.3) is 10.6 Å². The molecule has 2 aromatic rings. The zero-order valence-corrected chi connectivity index (χ0v) is 11.4. The quantitative estimate of drug-likeness (QED) is 0.837. The summed E-state index contributed by atoms with van der Waals surface area (Å²) in [5, 5.41) is 3.00. The summed E-state index contributed by atoms with van der Waals surface area (Å²) < 4.78 is 5.86. The van der Waals surface area contributed by atoms with E-state index in [1.807, 2.05) is 17.8 Å². The van der Waals surface area contributed by atoms with Crippen molar-refractivity contribution in [1.82, 2.24) is 9.97 Å².